The molecule has 9 heteroatoms. The van der Waals surface area contributed by atoms with E-state index in [9.17, 15) is 24.7 Å². The van der Waals surface area contributed by atoms with Gasteiger partial charge in [-0.2, -0.15) is 0 Å². The molecule has 1 aromatic carbocycles. The van der Waals surface area contributed by atoms with Crippen molar-refractivity contribution in [2.75, 3.05) is 0 Å². The second-order valence-corrected chi connectivity index (χ2v) is 5.06. The van der Waals surface area contributed by atoms with Crippen molar-refractivity contribution < 1.29 is 29.9 Å². The Morgan fingerprint density at radius 2 is 1.96 bits per heavy atom. The highest BCUT2D eigenvalue weighted by atomic mass is 16.4. The molecule has 124 valence electrons. The van der Waals surface area contributed by atoms with Crippen LogP contribution in [0.2, 0.25) is 0 Å². The fourth-order valence-corrected chi connectivity index (χ4v) is 2.15. The Balaban J connectivity index is 2.19. The normalized spacial score (nSPS) is 11.6. The number of carbonyl (C=O) groups excluding carboxylic acids is 1. The number of aromatic carboxylic acids is 1. The molecule has 0 unspecified atom stereocenters. The van der Waals surface area contributed by atoms with Crippen molar-refractivity contribution in [1.82, 2.24) is 10.3 Å². The molecular formula is C15H15BN2O6. The Morgan fingerprint density at radius 3 is 2.54 bits per heavy atom. The largest absolute Gasteiger partial charge is 0.507 e. The predicted octanol–water partition coefficient (Wildman–Crippen LogP) is -0.162. The summed E-state index contributed by atoms with van der Waals surface area (Å²) in [5.41, 5.74) is 0.0865. The maximum Gasteiger partial charge on any atom is 0.475 e. The fourth-order valence-electron chi connectivity index (χ4n) is 2.15. The highest BCUT2D eigenvalue weighted by Crippen LogP contribution is 2.24. The van der Waals surface area contributed by atoms with Gasteiger partial charge in [-0.3, -0.25) is 9.78 Å². The molecule has 24 heavy (non-hydrogen) atoms. The molecule has 1 atom stereocenters. The number of para-hydroxylation sites is 1. The third-order valence-corrected chi connectivity index (χ3v) is 3.39. The smallest absolute Gasteiger partial charge is 0.475 e. The number of amides is 1. The number of hydrogen-bond donors (Lipinski definition) is 5. The third kappa shape index (κ3) is 4.09. The first-order chi connectivity index (χ1) is 11.4. The first-order valence-corrected chi connectivity index (χ1v) is 7.01. The van der Waals surface area contributed by atoms with Gasteiger partial charge in [0.05, 0.1) is 11.5 Å². The van der Waals surface area contributed by atoms with Crippen LogP contribution in [0.25, 0.3) is 0 Å². The molecule has 8 nitrogen and oxygen atoms in total. The number of carboxylic acid groups (broad SMARTS) is 1. The SMILES string of the molecule is O=C(N[C@@H](Cc1cccc(C(=O)O)c1O)B(O)O)c1cccnc1. The molecule has 0 fully saturated rings. The molecule has 2 aromatic rings. The second kappa shape index (κ2) is 7.58. The molecule has 5 N–H and O–H groups in total. The van der Waals surface area contributed by atoms with E-state index < -0.39 is 30.7 Å². The number of hydrogen-bond acceptors (Lipinski definition) is 6. The van der Waals surface area contributed by atoms with Gasteiger partial charge >= 0.3 is 13.1 Å². The summed E-state index contributed by atoms with van der Waals surface area (Å²) < 4.78 is 0. The number of benzene rings is 1. The van der Waals surface area contributed by atoms with E-state index in [0.717, 1.165) is 0 Å². The van der Waals surface area contributed by atoms with Crippen molar-refractivity contribution in [3.8, 4) is 5.75 Å². The highest BCUT2D eigenvalue weighted by Gasteiger charge is 2.28. The molecule has 0 saturated heterocycles. The number of pyridine rings is 1. The number of aromatic nitrogens is 1. The van der Waals surface area contributed by atoms with Crippen LogP contribution >= 0.6 is 0 Å². The van der Waals surface area contributed by atoms with E-state index in [-0.39, 0.29) is 23.1 Å². The van der Waals surface area contributed by atoms with Crippen LogP contribution in [0.4, 0.5) is 0 Å². The zero-order valence-corrected chi connectivity index (χ0v) is 12.5. The lowest BCUT2D eigenvalue weighted by molar-refractivity contribution is 0.0693. The Bertz CT molecular complexity index is 738. The minimum absolute atomic E-state index is 0.166. The number of carbonyl (C=O) groups is 2. The summed E-state index contributed by atoms with van der Waals surface area (Å²) in [5.74, 6) is -3.51. The maximum absolute atomic E-state index is 12.1. The molecule has 0 aliphatic rings. The van der Waals surface area contributed by atoms with E-state index in [1.54, 1.807) is 6.07 Å². The van der Waals surface area contributed by atoms with Gasteiger partial charge in [0.2, 0.25) is 0 Å². The lowest BCUT2D eigenvalue weighted by atomic mass is 9.75. The molecule has 0 radical (unpaired) electrons. The fraction of sp³-hybridized carbons (Fsp3) is 0.133. The average molecular weight is 330 g/mol. The van der Waals surface area contributed by atoms with Gasteiger partial charge in [0.1, 0.15) is 11.3 Å². The number of aromatic hydroxyl groups is 1. The molecule has 0 aliphatic heterocycles. The molecular weight excluding hydrogens is 315 g/mol. The lowest BCUT2D eigenvalue weighted by Gasteiger charge is -2.19. The van der Waals surface area contributed by atoms with Crippen LogP contribution in [0, 0.1) is 0 Å². The molecule has 0 bridgehead atoms. The zero-order chi connectivity index (χ0) is 17.7. The minimum Gasteiger partial charge on any atom is -0.507 e. The van der Waals surface area contributed by atoms with Gasteiger partial charge in [-0.05, 0) is 30.2 Å². The summed E-state index contributed by atoms with van der Waals surface area (Å²) in [7, 11) is -1.90. The van der Waals surface area contributed by atoms with Crippen molar-refractivity contribution in [3.05, 3.63) is 59.4 Å². The summed E-state index contributed by atoms with van der Waals surface area (Å²) in [4.78, 5) is 26.9. The highest BCUT2D eigenvalue weighted by molar-refractivity contribution is 6.43. The standard InChI is InChI=1S/C15H15BN2O6/c19-13-9(3-1-5-11(13)15(21)22)7-12(16(23)24)18-14(20)10-4-2-6-17-8-10/h1-6,8,12,19,23-24H,7H2,(H,18,20)(H,21,22)/t12-/m0/s1. The van der Waals surface area contributed by atoms with Gasteiger partial charge in [0.25, 0.3) is 5.91 Å². The summed E-state index contributed by atoms with van der Waals surface area (Å²) >= 11 is 0. The van der Waals surface area contributed by atoms with Gasteiger partial charge in [-0.1, -0.05) is 12.1 Å². The van der Waals surface area contributed by atoms with Crippen LogP contribution in [0.3, 0.4) is 0 Å². The minimum atomic E-state index is -1.90. The first kappa shape index (κ1) is 17.4. The van der Waals surface area contributed by atoms with Crippen molar-refractivity contribution in [2.24, 2.45) is 0 Å². The first-order valence-electron chi connectivity index (χ1n) is 7.01. The van der Waals surface area contributed by atoms with E-state index in [1.165, 1.54) is 36.7 Å². The number of rotatable bonds is 6. The number of carboxylic acids is 1. The number of phenols is 1. The summed E-state index contributed by atoms with van der Waals surface area (Å²) in [5, 5.41) is 40.3. The van der Waals surface area contributed by atoms with E-state index in [4.69, 9.17) is 5.11 Å². The van der Waals surface area contributed by atoms with Gasteiger partial charge < -0.3 is 25.6 Å². The Morgan fingerprint density at radius 1 is 1.21 bits per heavy atom. The summed E-state index contributed by atoms with van der Waals surface area (Å²) in [6.07, 6.45) is 2.64. The van der Waals surface area contributed by atoms with Crippen LogP contribution in [-0.4, -0.2) is 50.2 Å². The van der Waals surface area contributed by atoms with Gasteiger partial charge in [-0.25, -0.2) is 4.79 Å². The number of nitrogens with one attached hydrogen (secondary N) is 1. The molecule has 0 aliphatic carbocycles. The van der Waals surface area contributed by atoms with Crippen LogP contribution in [0.5, 0.6) is 5.75 Å². The molecule has 1 heterocycles. The van der Waals surface area contributed by atoms with Crippen LogP contribution in [0.1, 0.15) is 26.3 Å². The predicted molar refractivity (Wildman–Crippen MR) is 84.5 cm³/mol. The molecule has 2 rings (SSSR count). The van der Waals surface area contributed by atoms with Crippen molar-refractivity contribution in [3.63, 3.8) is 0 Å². The Labute approximate surface area is 137 Å². The topological polar surface area (TPSA) is 140 Å². The second-order valence-electron chi connectivity index (χ2n) is 5.06. The summed E-state index contributed by atoms with van der Waals surface area (Å²) in [6, 6.07) is 7.14. The van der Waals surface area contributed by atoms with Crippen molar-refractivity contribution in [2.45, 2.75) is 12.4 Å². The Hall–Kier alpha value is -2.91. The summed E-state index contributed by atoms with van der Waals surface area (Å²) in [6.45, 7) is 0. The van der Waals surface area contributed by atoms with Crippen LogP contribution in [-0.2, 0) is 6.42 Å². The van der Waals surface area contributed by atoms with E-state index >= 15 is 0 Å². The molecule has 1 aromatic heterocycles. The monoisotopic (exact) mass is 330 g/mol. The molecule has 1 amide bonds. The average Bonchev–Trinajstić information content (AvgIpc) is 2.56. The lowest BCUT2D eigenvalue weighted by Crippen LogP contribution is -2.47. The van der Waals surface area contributed by atoms with E-state index in [0.29, 0.717) is 0 Å². The maximum atomic E-state index is 12.1. The quantitative estimate of drug-likeness (QED) is 0.464. The van der Waals surface area contributed by atoms with Crippen molar-refractivity contribution in [1.29, 1.82) is 0 Å². The van der Waals surface area contributed by atoms with Gasteiger partial charge in [0, 0.05) is 12.4 Å². The molecule has 0 saturated carbocycles. The van der Waals surface area contributed by atoms with Crippen molar-refractivity contribution >= 4 is 19.0 Å². The zero-order valence-electron chi connectivity index (χ0n) is 12.5. The third-order valence-electron chi connectivity index (χ3n) is 3.39. The van der Waals surface area contributed by atoms with Gasteiger partial charge in [0.15, 0.2) is 0 Å². The van der Waals surface area contributed by atoms with Gasteiger partial charge in [-0.15, -0.1) is 0 Å². The van der Waals surface area contributed by atoms with E-state index in [1.807, 2.05) is 0 Å². The van der Waals surface area contributed by atoms with Crippen LogP contribution < -0.4 is 5.32 Å². The molecule has 0 spiro atoms. The van der Waals surface area contributed by atoms with Crippen LogP contribution in [0.15, 0.2) is 42.7 Å². The number of nitrogens with zero attached hydrogens (tertiary/aromatic N) is 1. The Kier molecular flexibility index (Phi) is 5.51. The van der Waals surface area contributed by atoms with E-state index in [2.05, 4.69) is 10.3 Å².